The largest absolute Gasteiger partial charge is 0.494 e. The Balaban J connectivity index is 1.64. The summed E-state index contributed by atoms with van der Waals surface area (Å²) in [6.45, 7) is 6.73. The van der Waals surface area contributed by atoms with Crippen molar-refractivity contribution in [1.82, 2.24) is 19.6 Å². The molecule has 2 aromatic heterocycles. The molecule has 6 nitrogen and oxygen atoms in total. The predicted molar refractivity (Wildman–Crippen MR) is 108 cm³/mol. The molecule has 4 rings (SSSR count). The van der Waals surface area contributed by atoms with Gasteiger partial charge in [-0.1, -0.05) is 17.3 Å². The van der Waals surface area contributed by atoms with E-state index in [9.17, 15) is 4.79 Å². The lowest BCUT2D eigenvalue weighted by molar-refractivity contribution is 0.0968. The van der Waals surface area contributed by atoms with Gasteiger partial charge < -0.3 is 9.30 Å². The number of carbonyl (C=O) groups excluding carboxylic acids is 1. The number of aromatic nitrogens is 4. The fourth-order valence-electron chi connectivity index (χ4n) is 3.56. The van der Waals surface area contributed by atoms with Crippen LogP contribution in [0.2, 0.25) is 0 Å². The van der Waals surface area contributed by atoms with Gasteiger partial charge in [-0.2, -0.15) is 0 Å². The molecule has 6 heteroatoms. The molecular formula is C22H22N4O2. The number of ketones is 1. The van der Waals surface area contributed by atoms with Gasteiger partial charge in [-0.15, -0.1) is 5.10 Å². The van der Waals surface area contributed by atoms with Crippen LogP contribution in [0.1, 0.15) is 28.7 Å². The van der Waals surface area contributed by atoms with Crippen LogP contribution < -0.4 is 4.74 Å². The number of ether oxygens (including phenoxy) is 1. The smallest absolute Gasteiger partial charge is 0.186 e. The summed E-state index contributed by atoms with van der Waals surface area (Å²) in [5.41, 5.74) is 5.27. The molecule has 0 unspecified atom stereocenters. The van der Waals surface area contributed by atoms with Gasteiger partial charge in [0, 0.05) is 22.6 Å². The van der Waals surface area contributed by atoms with Crippen LogP contribution in [0.15, 0.2) is 54.6 Å². The summed E-state index contributed by atoms with van der Waals surface area (Å²) >= 11 is 0. The minimum atomic E-state index is 0.0148. The van der Waals surface area contributed by atoms with Gasteiger partial charge in [-0.3, -0.25) is 4.79 Å². The molecule has 0 atom stereocenters. The SMILES string of the molecule is CCOc1ccc(-n2c(C)cc(C(=O)Cn3nnc4ccccc43)c2C)cc1. The van der Waals surface area contributed by atoms with Crippen molar-refractivity contribution in [2.45, 2.75) is 27.3 Å². The number of benzene rings is 2. The first-order chi connectivity index (χ1) is 13.6. The fraction of sp³-hybridized carbons (Fsp3) is 0.227. The number of hydrogen-bond donors (Lipinski definition) is 0. The van der Waals surface area contributed by atoms with Crippen molar-refractivity contribution in [2.75, 3.05) is 6.61 Å². The minimum absolute atomic E-state index is 0.0148. The number of Topliss-reactive ketones (excluding diaryl/α,β-unsaturated/α-hetero) is 1. The van der Waals surface area contributed by atoms with Gasteiger partial charge in [-0.05, 0) is 63.2 Å². The van der Waals surface area contributed by atoms with E-state index in [0.29, 0.717) is 12.2 Å². The van der Waals surface area contributed by atoms with Crippen LogP contribution in [-0.4, -0.2) is 32.0 Å². The Labute approximate surface area is 163 Å². The molecule has 0 aliphatic rings. The lowest BCUT2D eigenvalue weighted by Gasteiger charge is -2.11. The van der Waals surface area contributed by atoms with Gasteiger partial charge in [0.2, 0.25) is 0 Å². The summed E-state index contributed by atoms with van der Waals surface area (Å²) in [6, 6.07) is 17.5. The molecule has 0 bridgehead atoms. The maximum absolute atomic E-state index is 13.0. The van der Waals surface area contributed by atoms with E-state index < -0.39 is 0 Å². The first-order valence-corrected chi connectivity index (χ1v) is 9.32. The number of hydrogen-bond acceptors (Lipinski definition) is 4. The van der Waals surface area contributed by atoms with E-state index in [0.717, 1.165) is 33.9 Å². The van der Waals surface area contributed by atoms with Gasteiger partial charge in [0.05, 0.1) is 12.1 Å². The third-order valence-corrected chi connectivity index (χ3v) is 4.85. The molecule has 0 radical (unpaired) electrons. The summed E-state index contributed by atoms with van der Waals surface area (Å²) in [5, 5.41) is 8.26. The second-order valence-electron chi connectivity index (χ2n) is 6.71. The molecule has 2 aromatic carbocycles. The van der Waals surface area contributed by atoms with Crippen molar-refractivity contribution in [2.24, 2.45) is 0 Å². The second kappa shape index (κ2) is 7.31. The van der Waals surface area contributed by atoms with Crippen LogP contribution in [0.4, 0.5) is 0 Å². The molecule has 0 spiro atoms. The van der Waals surface area contributed by atoms with E-state index in [2.05, 4.69) is 14.9 Å². The van der Waals surface area contributed by atoms with Gasteiger partial charge in [0.1, 0.15) is 17.8 Å². The van der Waals surface area contributed by atoms with Gasteiger partial charge in [0.25, 0.3) is 0 Å². The highest BCUT2D eigenvalue weighted by Crippen LogP contribution is 2.24. The molecule has 0 saturated heterocycles. The zero-order chi connectivity index (χ0) is 19.7. The van der Waals surface area contributed by atoms with E-state index >= 15 is 0 Å². The Morgan fingerprint density at radius 3 is 2.57 bits per heavy atom. The standard InChI is InChI=1S/C22H22N4O2/c1-4-28-18-11-9-17(10-12-18)26-15(2)13-19(16(26)3)22(27)14-25-21-8-6-5-7-20(21)23-24-25/h5-13H,4,14H2,1-3H3. The Bertz CT molecular complexity index is 1140. The minimum Gasteiger partial charge on any atom is -0.494 e. The number of fused-ring (bicyclic) bond motifs is 1. The van der Waals surface area contributed by atoms with Gasteiger partial charge in [0.15, 0.2) is 5.78 Å². The van der Waals surface area contributed by atoms with Crippen molar-refractivity contribution >= 4 is 16.8 Å². The van der Waals surface area contributed by atoms with Crippen LogP contribution >= 0.6 is 0 Å². The third-order valence-electron chi connectivity index (χ3n) is 4.85. The average molecular weight is 374 g/mol. The average Bonchev–Trinajstić information content (AvgIpc) is 3.23. The van der Waals surface area contributed by atoms with Crippen molar-refractivity contribution in [3.05, 3.63) is 71.5 Å². The number of para-hydroxylation sites is 1. The summed E-state index contributed by atoms with van der Waals surface area (Å²) in [6.07, 6.45) is 0. The predicted octanol–water partition coefficient (Wildman–Crippen LogP) is 4.12. The molecule has 0 aliphatic heterocycles. The number of carbonyl (C=O) groups is 1. The number of nitrogens with zero attached hydrogens (tertiary/aromatic N) is 4. The lowest BCUT2D eigenvalue weighted by Crippen LogP contribution is -2.12. The molecule has 0 fully saturated rings. The first kappa shape index (κ1) is 18.0. The highest BCUT2D eigenvalue weighted by atomic mass is 16.5. The van der Waals surface area contributed by atoms with E-state index in [-0.39, 0.29) is 12.3 Å². The van der Waals surface area contributed by atoms with E-state index in [1.165, 1.54) is 0 Å². The summed E-state index contributed by atoms with van der Waals surface area (Å²) in [4.78, 5) is 13.0. The molecule has 4 aromatic rings. The topological polar surface area (TPSA) is 61.9 Å². The fourth-order valence-corrected chi connectivity index (χ4v) is 3.56. The summed E-state index contributed by atoms with van der Waals surface area (Å²) in [5.74, 6) is 0.851. The van der Waals surface area contributed by atoms with Crippen molar-refractivity contribution in [3.63, 3.8) is 0 Å². The van der Waals surface area contributed by atoms with Crippen LogP contribution in [0.25, 0.3) is 16.7 Å². The molecule has 0 N–H and O–H groups in total. The van der Waals surface area contributed by atoms with Crippen LogP contribution in [0.5, 0.6) is 5.75 Å². The molecule has 2 heterocycles. The molecule has 0 aliphatic carbocycles. The number of aryl methyl sites for hydroxylation is 1. The maximum Gasteiger partial charge on any atom is 0.186 e. The van der Waals surface area contributed by atoms with Crippen molar-refractivity contribution in [3.8, 4) is 11.4 Å². The van der Waals surface area contributed by atoms with Crippen molar-refractivity contribution in [1.29, 1.82) is 0 Å². The Hall–Kier alpha value is -3.41. The Kier molecular flexibility index (Phi) is 4.69. The van der Waals surface area contributed by atoms with Crippen LogP contribution in [0, 0.1) is 13.8 Å². The van der Waals surface area contributed by atoms with Gasteiger partial charge in [-0.25, -0.2) is 4.68 Å². The first-order valence-electron chi connectivity index (χ1n) is 9.32. The van der Waals surface area contributed by atoms with E-state index in [1.54, 1.807) is 4.68 Å². The quantitative estimate of drug-likeness (QED) is 0.476. The summed E-state index contributed by atoms with van der Waals surface area (Å²) in [7, 11) is 0. The van der Waals surface area contributed by atoms with Gasteiger partial charge >= 0.3 is 0 Å². The highest BCUT2D eigenvalue weighted by molar-refractivity contribution is 5.98. The maximum atomic E-state index is 13.0. The summed E-state index contributed by atoms with van der Waals surface area (Å²) < 4.78 is 9.25. The number of rotatable bonds is 6. The molecular weight excluding hydrogens is 352 g/mol. The zero-order valence-electron chi connectivity index (χ0n) is 16.2. The van der Waals surface area contributed by atoms with E-state index in [1.807, 2.05) is 75.4 Å². The third kappa shape index (κ3) is 3.17. The van der Waals surface area contributed by atoms with Crippen LogP contribution in [-0.2, 0) is 6.54 Å². The lowest BCUT2D eigenvalue weighted by atomic mass is 10.1. The molecule has 0 amide bonds. The Morgan fingerprint density at radius 2 is 1.82 bits per heavy atom. The molecule has 28 heavy (non-hydrogen) atoms. The van der Waals surface area contributed by atoms with Crippen LogP contribution in [0.3, 0.4) is 0 Å². The normalized spacial score (nSPS) is 11.1. The van der Waals surface area contributed by atoms with E-state index in [4.69, 9.17) is 4.74 Å². The molecule has 142 valence electrons. The Morgan fingerprint density at radius 1 is 1.07 bits per heavy atom. The second-order valence-corrected chi connectivity index (χ2v) is 6.71. The highest BCUT2D eigenvalue weighted by Gasteiger charge is 2.18. The molecule has 0 saturated carbocycles. The monoisotopic (exact) mass is 374 g/mol. The van der Waals surface area contributed by atoms with Crippen molar-refractivity contribution < 1.29 is 9.53 Å². The zero-order valence-corrected chi connectivity index (χ0v) is 16.2.